The summed E-state index contributed by atoms with van der Waals surface area (Å²) in [4.78, 5) is 34.9. The first-order chi connectivity index (χ1) is 13.8. The van der Waals surface area contributed by atoms with Crippen molar-refractivity contribution in [2.75, 3.05) is 19.5 Å². The molecule has 2 rings (SSSR count). The summed E-state index contributed by atoms with van der Waals surface area (Å²) in [6.07, 6.45) is 0. The van der Waals surface area contributed by atoms with Gasteiger partial charge in [0.15, 0.2) is 11.5 Å². The number of halogens is 1. The van der Waals surface area contributed by atoms with Crippen LogP contribution in [0.3, 0.4) is 0 Å². The summed E-state index contributed by atoms with van der Waals surface area (Å²) in [6, 6.07) is 6.98. The van der Waals surface area contributed by atoms with Gasteiger partial charge in [-0.1, -0.05) is 23.7 Å². The van der Waals surface area contributed by atoms with E-state index in [0.717, 1.165) is 6.92 Å². The highest BCUT2D eigenvalue weighted by atomic mass is 35.5. The topological polar surface area (TPSA) is 132 Å². The summed E-state index contributed by atoms with van der Waals surface area (Å²) in [5.74, 6) is -0.830. The minimum absolute atomic E-state index is 0.0865. The van der Waals surface area contributed by atoms with Crippen molar-refractivity contribution in [2.24, 2.45) is 10.2 Å². The van der Waals surface area contributed by atoms with Crippen LogP contribution in [0.5, 0.6) is 11.5 Å². The molecule has 0 fully saturated rings. The third-order valence-corrected chi connectivity index (χ3v) is 4.02. The van der Waals surface area contributed by atoms with Crippen LogP contribution in [0.4, 0.5) is 17.1 Å². The Morgan fingerprint density at radius 3 is 2.48 bits per heavy atom. The predicted molar refractivity (Wildman–Crippen MR) is 105 cm³/mol. The molecule has 0 heterocycles. The van der Waals surface area contributed by atoms with Gasteiger partial charge in [0.1, 0.15) is 17.2 Å². The van der Waals surface area contributed by atoms with Crippen molar-refractivity contribution in [3.05, 3.63) is 51.5 Å². The standard InChI is InChI=1S/C18H17ClN4O6/c1-10(24)16(22-21-13-6-4-5-7-14(13)23(26)27)18(25)20-17-12(19)8-11(28-2)9-15(17)29-3/h4-9,16H,1-3H3,(H,20,25). The van der Waals surface area contributed by atoms with Crippen molar-refractivity contribution in [1.29, 1.82) is 0 Å². The molecule has 11 heteroatoms. The van der Waals surface area contributed by atoms with Gasteiger partial charge in [0.2, 0.25) is 6.04 Å². The molecule has 2 aromatic rings. The Morgan fingerprint density at radius 2 is 1.90 bits per heavy atom. The molecule has 1 unspecified atom stereocenters. The lowest BCUT2D eigenvalue weighted by molar-refractivity contribution is -0.384. The molecule has 0 saturated heterocycles. The van der Waals surface area contributed by atoms with E-state index in [0.29, 0.717) is 5.75 Å². The molecule has 0 saturated carbocycles. The number of azo groups is 1. The van der Waals surface area contributed by atoms with Crippen LogP contribution in [0.15, 0.2) is 46.6 Å². The Kier molecular flexibility index (Phi) is 7.21. The van der Waals surface area contributed by atoms with Crippen LogP contribution in [0.2, 0.25) is 5.02 Å². The van der Waals surface area contributed by atoms with Crippen LogP contribution in [0.1, 0.15) is 6.92 Å². The molecule has 2 aromatic carbocycles. The summed E-state index contributed by atoms with van der Waals surface area (Å²) in [6.45, 7) is 1.15. The number of para-hydroxylation sites is 1. The number of hydrogen-bond acceptors (Lipinski definition) is 8. The van der Waals surface area contributed by atoms with Crippen LogP contribution in [-0.4, -0.2) is 36.9 Å². The Labute approximate surface area is 170 Å². The summed E-state index contributed by atoms with van der Waals surface area (Å²) in [5.41, 5.74) is -0.275. The highest BCUT2D eigenvalue weighted by molar-refractivity contribution is 6.34. The zero-order valence-electron chi connectivity index (χ0n) is 15.7. The highest BCUT2D eigenvalue weighted by Crippen LogP contribution is 2.37. The molecule has 0 aliphatic heterocycles. The summed E-state index contributed by atoms with van der Waals surface area (Å²) in [5, 5.41) is 21.1. The molecule has 0 aliphatic rings. The molecule has 152 valence electrons. The van der Waals surface area contributed by atoms with Gasteiger partial charge < -0.3 is 14.8 Å². The van der Waals surface area contributed by atoms with Gasteiger partial charge in [-0.15, -0.1) is 5.11 Å². The average Bonchev–Trinajstić information content (AvgIpc) is 2.69. The monoisotopic (exact) mass is 420 g/mol. The molecule has 29 heavy (non-hydrogen) atoms. The first-order valence-electron chi connectivity index (χ1n) is 8.15. The zero-order valence-corrected chi connectivity index (χ0v) is 16.5. The third-order valence-electron chi connectivity index (χ3n) is 3.72. The number of ether oxygens (including phenoxy) is 2. The predicted octanol–water partition coefficient (Wildman–Crippen LogP) is 3.95. The number of rotatable bonds is 8. The third kappa shape index (κ3) is 5.26. The quantitative estimate of drug-likeness (QED) is 0.297. The number of amides is 1. The fraction of sp³-hybridized carbons (Fsp3) is 0.222. The van der Waals surface area contributed by atoms with E-state index < -0.39 is 22.7 Å². The van der Waals surface area contributed by atoms with Crippen LogP contribution in [0.25, 0.3) is 0 Å². The fourth-order valence-corrected chi connectivity index (χ4v) is 2.54. The van der Waals surface area contributed by atoms with E-state index in [9.17, 15) is 19.7 Å². The largest absolute Gasteiger partial charge is 0.497 e. The molecule has 0 spiro atoms. The number of nitrogens with zero attached hydrogens (tertiary/aromatic N) is 3. The van der Waals surface area contributed by atoms with Crippen molar-refractivity contribution in [3.8, 4) is 11.5 Å². The van der Waals surface area contributed by atoms with Gasteiger partial charge in [-0.25, -0.2) is 0 Å². The molecule has 0 aliphatic carbocycles. The van der Waals surface area contributed by atoms with Gasteiger partial charge in [-0.05, 0) is 13.0 Å². The van der Waals surface area contributed by atoms with E-state index in [1.54, 1.807) is 0 Å². The smallest absolute Gasteiger partial charge is 0.296 e. The number of benzene rings is 2. The Morgan fingerprint density at radius 1 is 1.21 bits per heavy atom. The van der Waals surface area contributed by atoms with Crippen LogP contribution in [0, 0.1) is 10.1 Å². The molecule has 0 radical (unpaired) electrons. The Bertz CT molecular complexity index is 979. The lowest BCUT2D eigenvalue weighted by Crippen LogP contribution is -2.32. The van der Waals surface area contributed by atoms with Gasteiger partial charge in [0, 0.05) is 18.2 Å². The van der Waals surface area contributed by atoms with E-state index in [1.807, 2.05) is 0 Å². The molecule has 10 nitrogen and oxygen atoms in total. The number of nitro benzene ring substituents is 1. The van der Waals surface area contributed by atoms with Gasteiger partial charge in [-0.2, -0.15) is 5.11 Å². The first kappa shape index (κ1) is 21.8. The minimum atomic E-state index is -1.54. The number of Topliss-reactive ketones (excluding diaryl/α,β-unsaturated/α-hetero) is 1. The number of anilines is 1. The molecule has 1 N–H and O–H groups in total. The Hall–Kier alpha value is -3.53. The van der Waals surface area contributed by atoms with Crippen molar-refractivity contribution in [3.63, 3.8) is 0 Å². The van der Waals surface area contributed by atoms with E-state index in [1.165, 1.54) is 50.6 Å². The summed E-state index contributed by atoms with van der Waals surface area (Å²) in [7, 11) is 2.82. The summed E-state index contributed by atoms with van der Waals surface area (Å²) < 4.78 is 10.3. The minimum Gasteiger partial charge on any atom is -0.497 e. The Balaban J connectivity index is 2.32. The maximum atomic E-state index is 12.6. The number of methoxy groups -OCH3 is 2. The lowest BCUT2D eigenvalue weighted by Gasteiger charge is -2.15. The number of hydrogen-bond donors (Lipinski definition) is 1. The SMILES string of the molecule is COc1cc(Cl)c(NC(=O)C(N=Nc2ccccc2[N+](=O)[O-])C(C)=O)c(OC)c1. The number of nitro groups is 1. The molecular weight excluding hydrogens is 404 g/mol. The van der Waals surface area contributed by atoms with Gasteiger partial charge in [0.25, 0.3) is 11.6 Å². The van der Waals surface area contributed by atoms with Crippen molar-refractivity contribution in [1.82, 2.24) is 0 Å². The van der Waals surface area contributed by atoms with Gasteiger partial charge in [0.05, 0.1) is 24.2 Å². The molecule has 0 bridgehead atoms. The zero-order chi connectivity index (χ0) is 21.6. The maximum Gasteiger partial charge on any atom is 0.296 e. The fourth-order valence-electron chi connectivity index (χ4n) is 2.29. The lowest BCUT2D eigenvalue weighted by atomic mass is 10.2. The number of carbonyl (C=O) groups excluding carboxylic acids is 2. The van der Waals surface area contributed by atoms with E-state index in [4.69, 9.17) is 21.1 Å². The highest BCUT2D eigenvalue weighted by Gasteiger charge is 2.26. The van der Waals surface area contributed by atoms with Crippen molar-refractivity contribution < 1.29 is 24.0 Å². The molecule has 0 aromatic heterocycles. The maximum absolute atomic E-state index is 12.6. The van der Waals surface area contributed by atoms with Crippen LogP contribution < -0.4 is 14.8 Å². The van der Waals surface area contributed by atoms with Gasteiger partial charge >= 0.3 is 0 Å². The molecular formula is C18H17ClN4O6. The van der Waals surface area contributed by atoms with Crippen LogP contribution in [-0.2, 0) is 9.59 Å². The van der Waals surface area contributed by atoms with Crippen molar-refractivity contribution in [2.45, 2.75) is 13.0 Å². The first-order valence-corrected chi connectivity index (χ1v) is 8.53. The second-order valence-electron chi connectivity index (χ2n) is 5.65. The average molecular weight is 421 g/mol. The second kappa shape index (κ2) is 9.60. The van der Waals surface area contributed by atoms with E-state index in [2.05, 4.69) is 15.5 Å². The number of carbonyl (C=O) groups is 2. The normalized spacial score (nSPS) is 11.7. The number of ketones is 1. The summed E-state index contributed by atoms with van der Waals surface area (Å²) >= 11 is 6.16. The molecule has 1 amide bonds. The van der Waals surface area contributed by atoms with Gasteiger partial charge in [-0.3, -0.25) is 19.7 Å². The second-order valence-corrected chi connectivity index (χ2v) is 6.06. The number of nitrogens with one attached hydrogen (secondary N) is 1. The van der Waals surface area contributed by atoms with Crippen LogP contribution >= 0.6 is 11.6 Å². The molecule has 1 atom stereocenters. The van der Waals surface area contributed by atoms with E-state index >= 15 is 0 Å². The van der Waals surface area contributed by atoms with Crippen molar-refractivity contribution >= 4 is 40.4 Å². The van der Waals surface area contributed by atoms with E-state index in [-0.39, 0.29) is 27.8 Å².